The number of aliphatic hydroxyl groups is 1. The van der Waals surface area contributed by atoms with Crippen molar-refractivity contribution in [1.29, 1.82) is 0 Å². The number of rotatable bonds is 5. The zero-order valence-electron chi connectivity index (χ0n) is 12.9. The van der Waals surface area contributed by atoms with Gasteiger partial charge in [0.15, 0.2) is 0 Å². The van der Waals surface area contributed by atoms with Gasteiger partial charge in [-0.1, -0.05) is 13.8 Å². The average molecular weight is 311 g/mol. The van der Waals surface area contributed by atoms with Crippen LogP contribution in [0, 0.1) is 5.92 Å². The van der Waals surface area contributed by atoms with Gasteiger partial charge in [0.2, 0.25) is 0 Å². The molecule has 8 heteroatoms. The Labute approximate surface area is 122 Å². The predicted octanol–water partition coefficient (Wildman–Crippen LogP) is 2.40. The number of ether oxygens (including phenoxy) is 1. The molecule has 21 heavy (non-hydrogen) atoms. The second kappa shape index (κ2) is 7.53. The van der Waals surface area contributed by atoms with Crippen LogP contribution in [0.3, 0.4) is 0 Å². The Morgan fingerprint density at radius 1 is 1.19 bits per heavy atom. The smallest absolute Gasteiger partial charge is 0.441 e. The summed E-state index contributed by atoms with van der Waals surface area (Å²) in [5.74, 6) is -6.04. The molecule has 0 aliphatic carbocycles. The van der Waals surface area contributed by atoms with Crippen LogP contribution >= 0.6 is 0 Å². The van der Waals surface area contributed by atoms with E-state index in [1.807, 2.05) is 0 Å². The van der Waals surface area contributed by atoms with E-state index < -0.39 is 29.7 Å². The first-order valence-corrected chi connectivity index (χ1v) is 6.62. The quantitative estimate of drug-likeness (QED) is 0.762. The van der Waals surface area contributed by atoms with Crippen LogP contribution in [0.4, 0.5) is 13.6 Å². The highest BCUT2D eigenvalue weighted by molar-refractivity contribution is 5.79. The average Bonchev–Trinajstić information content (AvgIpc) is 2.30. The number of amides is 1. The number of carbonyl (C=O) groups is 2. The van der Waals surface area contributed by atoms with Gasteiger partial charge in [-0.2, -0.15) is 8.78 Å². The van der Waals surface area contributed by atoms with Crippen molar-refractivity contribution in [3.8, 4) is 0 Å². The van der Waals surface area contributed by atoms with Crippen molar-refractivity contribution in [1.82, 2.24) is 5.48 Å². The van der Waals surface area contributed by atoms with E-state index >= 15 is 0 Å². The molecular weight excluding hydrogens is 288 g/mol. The number of halogens is 2. The molecule has 0 rings (SSSR count). The fraction of sp³-hybridized carbons (Fsp3) is 0.846. The van der Waals surface area contributed by atoms with Crippen LogP contribution in [0.5, 0.6) is 0 Å². The molecule has 0 fully saturated rings. The molecule has 0 bridgehead atoms. The van der Waals surface area contributed by atoms with E-state index in [1.54, 1.807) is 34.6 Å². The maximum Gasteiger partial charge on any atom is 0.441 e. The molecule has 6 nitrogen and oxygen atoms in total. The Hall–Kier alpha value is -1.44. The maximum atomic E-state index is 13.5. The lowest BCUT2D eigenvalue weighted by Gasteiger charge is -2.22. The Balaban J connectivity index is 4.39. The molecule has 0 radical (unpaired) electrons. The Kier molecular flexibility index (Phi) is 7.02. The molecule has 1 atom stereocenters. The predicted molar refractivity (Wildman–Crippen MR) is 70.5 cm³/mol. The van der Waals surface area contributed by atoms with E-state index in [0.717, 1.165) is 0 Å². The third-order valence-corrected chi connectivity index (χ3v) is 2.33. The van der Waals surface area contributed by atoms with Gasteiger partial charge in [0.25, 0.3) is 0 Å². The summed E-state index contributed by atoms with van der Waals surface area (Å²) >= 11 is 0. The van der Waals surface area contributed by atoms with Crippen LogP contribution in [-0.2, 0) is 14.4 Å². The van der Waals surface area contributed by atoms with Crippen LogP contribution in [0.1, 0.15) is 47.5 Å². The summed E-state index contributed by atoms with van der Waals surface area (Å²) in [4.78, 5) is 26.3. The molecule has 0 saturated heterocycles. The number of alkyl halides is 2. The summed E-state index contributed by atoms with van der Waals surface area (Å²) in [7, 11) is 0. The first-order chi connectivity index (χ1) is 9.36. The van der Waals surface area contributed by atoms with Crippen molar-refractivity contribution in [3.63, 3.8) is 0 Å². The summed E-state index contributed by atoms with van der Waals surface area (Å²) in [5, 5.41) is 9.35. The highest BCUT2D eigenvalue weighted by Gasteiger charge is 2.48. The van der Waals surface area contributed by atoms with Gasteiger partial charge in [0, 0.05) is 0 Å². The Morgan fingerprint density at radius 3 is 2.14 bits per heavy atom. The molecule has 0 aromatic heterocycles. The molecular formula is C13H23F2NO5. The molecule has 2 N–H and O–H groups in total. The minimum absolute atomic E-state index is 0.103. The van der Waals surface area contributed by atoms with Crippen molar-refractivity contribution in [2.24, 2.45) is 5.92 Å². The fourth-order valence-electron chi connectivity index (χ4n) is 1.26. The lowest BCUT2D eigenvalue weighted by molar-refractivity contribution is -0.195. The summed E-state index contributed by atoms with van der Waals surface area (Å²) in [6.45, 7) is 8.26. The van der Waals surface area contributed by atoms with Gasteiger partial charge in [-0.15, -0.1) is 5.48 Å². The van der Waals surface area contributed by atoms with Crippen LogP contribution < -0.4 is 5.48 Å². The Bertz CT molecular complexity index is 366. The Morgan fingerprint density at radius 2 is 1.71 bits per heavy atom. The van der Waals surface area contributed by atoms with Gasteiger partial charge in [0.1, 0.15) is 11.7 Å². The first-order valence-electron chi connectivity index (χ1n) is 6.62. The highest BCUT2D eigenvalue weighted by atomic mass is 19.3. The minimum Gasteiger partial charge on any atom is -0.442 e. The number of hydrogen-bond acceptors (Lipinski definition) is 5. The third kappa shape index (κ3) is 7.79. The molecule has 0 aliphatic heterocycles. The number of hydroxylamine groups is 1. The van der Waals surface area contributed by atoms with Crippen LogP contribution in [0.25, 0.3) is 0 Å². The fourth-order valence-corrected chi connectivity index (χ4v) is 1.26. The summed E-state index contributed by atoms with van der Waals surface area (Å²) < 4.78 is 31.8. The number of aliphatic hydroxyl groups excluding tert-OH is 1. The van der Waals surface area contributed by atoms with Gasteiger partial charge in [-0.05, 0) is 39.5 Å². The summed E-state index contributed by atoms with van der Waals surface area (Å²) in [6, 6.07) is 0. The second-order valence-electron chi connectivity index (χ2n) is 6.10. The molecule has 0 heterocycles. The van der Waals surface area contributed by atoms with E-state index in [-0.39, 0.29) is 12.3 Å². The van der Waals surface area contributed by atoms with E-state index in [1.165, 1.54) is 5.48 Å². The molecule has 0 spiro atoms. The van der Waals surface area contributed by atoms with Crippen LogP contribution in [-0.4, -0.2) is 34.8 Å². The lowest BCUT2D eigenvalue weighted by Crippen LogP contribution is -2.46. The zero-order chi connectivity index (χ0) is 16.8. The normalized spacial score (nSPS) is 13.8. The van der Waals surface area contributed by atoms with Crippen molar-refractivity contribution >= 4 is 12.1 Å². The summed E-state index contributed by atoms with van der Waals surface area (Å²) in [6.07, 6.45) is -3.29. The summed E-state index contributed by atoms with van der Waals surface area (Å²) in [5.41, 5.74) is 0.598. The topological polar surface area (TPSA) is 84.9 Å². The molecule has 124 valence electrons. The van der Waals surface area contributed by atoms with E-state index in [2.05, 4.69) is 4.84 Å². The molecule has 0 aromatic rings. The monoisotopic (exact) mass is 311 g/mol. The third-order valence-electron chi connectivity index (χ3n) is 2.33. The number of carbonyl (C=O) groups excluding carboxylic acids is 2. The first kappa shape index (κ1) is 19.6. The molecule has 1 unspecified atom stereocenters. The van der Waals surface area contributed by atoms with Crippen molar-refractivity contribution < 1.29 is 33.1 Å². The zero-order valence-corrected chi connectivity index (χ0v) is 12.9. The molecule has 0 saturated carbocycles. The lowest BCUT2D eigenvalue weighted by atomic mass is 10.0. The van der Waals surface area contributed by atoms with Gasteiger partial charge < -0.3 is 14.7 Å². The SMILES string of the molecule is CC(C)CCC(O)C(F)(F)C(=O)ONC(=O)OC(C)(C)C. The number of nitrogens with one attached hydrogen (secondary N) is 1. The van der Waals surface area contributed by atoms with Gasteiger partial charge in [-0.3, -0.25) is 0 Å². The highest BCUT2D eigenvalue weighted by Crippen LogP contribution is 2.24. The van der Waals surface area contributed by atoms with Gasteiger partial charge in [0.05, 0.1) is 0 Å². The van der Waals surface area contributed by atoms with E-state index in [4.69, 9.17) is 4.74 Å². The van der Waals surface area contributed by atoms with Crippen molar-refractivity contribution in [3.05, 3.63) is 0 Å². The van der Waals surface area contributed by atoms with E-state index in [9.17, 15) is 23.5 Å². The number of hydrogen-bond donors (Lipinski definition) is 2. The van der Waals surface area contributed by atoms with Gasteiger partial charge >= 0.3 is 18.0 Å². The van der Waals surface area contributed by atoms with E-state index in [0.29, 0.717) is 6.42 Å². The van der Waals surface area contributed by atoms with Crippen LogP contribution in [0.2, 0.25) is 0 Å². The minimum atomic E-state index is -4.11. The largest absolute Gasteiger partial charge is 0.442 e. The maximum absolute atomic E-state index is 13.5. The second-order valence-corrected chi connectivity index (χ2v) is 6.10. The molecule has 1 amide bonds. The standard InChI is InChI=1S/C13H23F2NO5/c1-8(2)6-7-9(17)13(14,15)10(18)21-16-11(19)20-12(3,4)5/h8-9,17H,6-7H2,1-5H3,(H,16,19). The van der Waals surface area contributed by atoms with Crippen molar-refractivity contribution in [2.75, 3.05) is 0 Å². The van der Waals surface area contributed by atoms with Gasteiger partial charge in [-0.25, -0.2) is 9.59 Å². The molecule has 0 aromatic carbocycles. The van der Waals surface area contributed by atoms with Crippen molar-refractivity contribution in [2.45, 2.75) is 65.1 Å². The molecule has 0 aliphatic rings. The van der Waals surface area contributed by atoms with Crippen LogP contribution in [0.15, 0.2) is 0 Å².